The van der Waals surface area contributed by atoms with Crippen LogP contribution in [0.1, 0.15) is 11.3 Å². The Labute approximate surface area is 57.9 Å². The summed E-state index contributed by atoms with van der Waals surface area (Å²) in [5.41, 5.74) is 2.05. The van der Waals surface area contributed by atoms with Crippen molar-refractivity contribution in [1.82, 2.24) is 4.37 Å². The number of hydrogen-bond donors (Lipinski definition) is 0. The molecule has 0 unspecified atom stereocenters. The first-order valence-corrected chi connectivity index (χ1v) is 3.45. The molecule has 46 valence electrons. The van der Waals surface area contributed by atoms with E-state index in [4.69, 9.17) is 5.26 Å². The molecule has 9 heavy (non-hydrogen) atoms. The number of hydrogen-bond acceptors (Lipinski definition) is 3. The highest BCUT2D eigenvalue weighted by molar-refractivity contribution is 7.03. The summed E-state index contributed by atoms with van der Waals surface area (Å²) >= 11 is 1.41. The third-order valence-corrected chi connectivity index (χ3v) is 1.89. The Balaban J connectivity index is 2.84. The summed E-state index contributed by atoms with van der Waals surface area (Å²) in [4.78, 5) is 0. The standard InChI is InChI=1S/C6H6N2S/c1-5-6(2-3-7)4-9-8-5/h4H,2H2,1H3. The van der Waals surface area contributed by atoms with Crippen molar-refractivity contribution in [3.8, 4) is 6.07 Å². The summed E-state index contributed by atoms with van der Waals surface area (Å²) in [5.74, 6) is 0. The molecular formula is C6H6N2S. The van der Waals surface area contributed by atoms with Gasteiger partial charge in [0.2, 0.25) is 0 Å². The highest BCUT2D eigenvalue weighted by Crippen LogP contribution is 2.08. The zero-order chi connectivity index (χ0) is 6.69. The predicted octanol–water partition coefficient (Wildman–Crippen LogP) is 1.52. The van der Waals surface area contributed by atoms with Crippen LogP contribution in [0.15, 0.2) is 5.38 Å². The van der Waals surface area contributed by atoms with Crippen LogP contribution in [0.5, 0.6) is 0 Å². The summed E-state index contributed by atoms with van der Waals surface area (Å²) in [5, 5.41) is 10.2. The zero-order valence-corrected chi connectivity index (χ0v) is 5.90. The minimum Gasteiger partial charge on any atom is -0.198 e. The quantitative estimate of drug-likeness (QED) is 0.590. The molecule has 1 aromatic rings. The van der Waals surface area contributed by atoms with Crippen molar-refractivity contribution in [3.63, 3.8) is 0 Å². The van der Waals surface area contributed by atoms with Gasteiger partial charge in [0.1, 0.15) is 0 Å². The second-order valence-electron chi connectivity index (χ2n) is 1.76. The minimum atomic E-state index is 0.488. The molecule has 0 fully saturated rings. The van der Waals surface area contributed by atoms with Crippen LogP contribution in [0.25, 0.3) is 0 Å². The SMILES string of the molecule is Cc1nscc1CC#N. The molecule has 1 aromatic heterocycles. The first kappa shape index (κ1) is 6.24. The fraction of sp³-hybridized carbons (Fsp3) is 0.333. The van der Waals surface area contributed by atoms with Gasteiger partial charge >= 0.3 is 0 Å². The van der Waals surface area contributed by atoms with E-state index in [9.17, 15) is 0 Å². The van der Waals surface area contributed by atoms with Gasteiger partial charge in [-0.3, -0.25) is 0 Å². The first-order chi connectivity index (χ1) is 4.34. The summed E-state index contributed by atoms with van der Waals surface area (Å²) in [7, 11) is 0. The lowest BCUT2D eigenvalue weighted by atomic mass is 10.2. The van der Waals surface area contributed by atoms with E-state index >= 15 is 0 Å². The summed E-state index contributed by atoms with van der Waals surface area (Å²) in [6.07, 6.45) is 0.488. The van der Waals surface area contributed by atoms with Crippen molar-refractivity contribution >= 4 is 11.5 Å². The molecule has 1 rings (SSSR count). The molecule has 0 radical (unpaired) electrons. The molecule has 1 heterocycles. The van der Waals surface area contributed by atoms with Crippen molar-refractivity contribution in [3.05, 3.63) is 16.6 Å². The van der Waals surface area contributed by atoms with Crippen LogP contribution >= 0.6 is 11.5 Å². The van der Waals surface area contributed by atoms with E-state index in [-0.39, 0.29) is 0 Å². The topological polar surface area (TPSA) is 36.7 Å². The van der Waals surface area contributed by atoms with Crippen molar-refractivity contribution in [1.29, 1.82) is 5.26 Å². The molecule has 0 aromatic carbocycles. The van der Waals surface area contributed by atoms with Crippen LogP contribution in [0.4, 0.5) is 0 Å². The third kappa shape index (κ3) is 1.27. The third-order valence-electron chi connectivity index (χ3n) is 1.12. The van der Waals surface area contributed by atoms with Gasteiger partial charge in [0, 0.05) is 5.38 Å². The van der Waals surface area contributed by atoms with Gasteiger partial charge < -0.3 is 0 Å². The fourth-order valence-electron chi connectivity index (χ4n) is 0.568. The van der Waals surface area contributed by atoms with Crippen LogP contribution in [-0.2, 0) is 6.42 Å². The molecule has 0 N–H and O–H groups in total. The van der Waals surface area contributed by atoms with Crippen LogP contribution < -0.4 is 0 Å². The highest BCUT2D eigenvalue weighted by Gasteiger charge is 1.97. The molecule has 0 saturated heterocycles. The van der Waals surface area contributed by atoms with E-state index in [1.807, 2.05) is 12.3 Å². The van der Waals surface area contributed by atoms with Gasteiger partial charge in [0.15, 0.2) is 0 Å². The second-order valence-corrected chi connectivity index (χ2v) is 2.39. The van der Waals surface area contributed by atoms with Gasteiger partial charge in [-0.2, -0.15) is 9.64 Å². The summed E-state index contributed by atoms with van der Waals surface area (Å²) in [6, 6.07) is 2.08. The Morgan fingerprint density at radius 1 is 1.89 bits per heavy atom. The van der Waals surface area contributed by atoms with Crippen molar-refractivity contribution in [2.45, 2.75) is 13.3 Å². The number of aryl methyl sites for hydroxylation is 1. The van der Waals surface area contributed by atoms with Gasteiger partial charge in [0.05, 0.1) is 18.2 Å². The lowest BCUT2D eigenvalue weighted by Crippen LogP contribution is -1.80. The maximum Gasteiger partial charge on any atom is 0.0670 e. The van der Waals surface area contributed by atoms with Crippen LogP contribution in [-0.4, -0.2) is 4.37 Å². The average Bonchev–Trinajstić information content (AvgIpc) is 2.18. The second kappa shape index (κ2) is 2.60. The molecule has 0 bridgehead atoms. The van der Waals surface area contributed by atoms with Gasteiger partial charge in [-0.15, -0.1) is 0 Å². The normalized spacial score (nSPS) is 8.89. The van der Waals surface area contributed by atoms with Crippen molar-refractivity contribution in [2.75, 3.05) is 0 Å². The molecular weight excluding hydrogens is 132 g/mol. The van der Waals surface area contributed by atoms with Crippen LogP contribution in [0.2, 0.25) is 0 Å². The molecule has 0 aliphatic carbocycles. The molecule has 0 aliphatic heterocycles. The minimum absolute atomic E-state index is 0.488. The first-order valence-electron chi connectivity index (χ1n) is 2.61. The van der Waals surface area contributed by atoms with E-state index < -0.39 is 0 Å². The smallest absolute Gasteiger partial charge is 0.0670 e. The Kier molecular flexibility index (Phi) is 1.81. The Morgan fingerprint density at radius 2 is 2.67 bits per heavy atom. The zero-order valence-electron chi connectivity index (χ0n) is 5.09. The molecule has 3 heteroatoms. The molecule has 0 amide bonds. The molecule has 0 atom stereocenters. The fourth-order valence-corrected chi connectivity index (χ4v) is 1.28. The molecule has 2 nitrogen and oxygen atoms in total. The van der Waals surface area contributed by atoms with Gasteiger partial charge in [-0.25, -0.2) is 0 Å². The van der Waals surface area contributed by atoms with Gasteiger partial charge in [0.25, 0.3) is 0 Å². The largest absolute Gasteiger partial charge is 0.198 e. The van der Waals surface area contributed by atoms with E-state index in [1.165, 1.54) is 11.5 Å². The van der Waals surface area contributed by atoms with Crippen LogP contribution in [0, 0.1) is 18.3 Å². The average molecular weight is 138 g/mol. The van der Waals surface area contributed by atoms with E-state index in [1.54, 1.807) is 0 Å². The molecule has 0 saturated carbocycles. The van der Waals surface area contributed by atoms with E-state index in [0.717, 1.165) is 11.3 Å². The van der Waals surface area contributed by atoms with Crippen molar-refractivity contribution in [2.24, 2.45) is 0 Å². The van der Waals surface area contributed by atoms with Crippen LogP contribution in [0.3, 0.4) is 0 Å². The number of nitrogens with zero attached hydrogens (tertiary/aromatic N) is 2. The van der Waals surface area contributed by atoms with Crippen molar-refractivity contribution < 1.29 is 0 Å². The van der Waals surface area contributed by atoms with E-state index in [2.05, 4.69) is 10.4 Å². The highest BCUT2D eigenvalue weighted by atomic mass is 32.1. The lowest BCUT2D eigenvalue weighted by Gasteiger charge is -1.84. The molecule has 0 aliphatic rings. The summed E-state index contributed by atoms with van der Waals surface area (Å²) in [6.45, 7) is 1.92. The maximum atomic E-state index is 8.29. The number of rotatable bonds is 1. The Hall–Kier alpha value is -0.880. The van der Waals surface area contributed by atoms with Gasteiger partial charge in [-0.1, -0.05) is 0 Å². The number of aromatic nitrogens is 1. The molecule has 0 spiro atoms. The van der Waals surface area contributed by atoms with E-state index in [0.29, 0.717) is 6.42 Å². The monoisotopic (exact) mass is 138 g/mol. The lowest BCUT2D eigenvalue weighted by molar-refractivity contribution is 1.19. The Morgan fingerprint density at radius 3 is 3.11 bits per heavy atom. The van der Waals surface area contributed by atoms with Gasteiger partial charge in [-0.05, 0) is 24.0 Å². The number of nitriles is 1. The maximum absolute atomic E-state index is 8.29. The summed E-state index contributed by atoms with van der Waals surface area (Å²) < 4.78 is 4.03. The Bertz CT molecular complexity index is 233. The predicted molar refractivity (Wildman–Crippen MR) is 36.2 cm³/mol.